The predicted molar refractivity (Wildman–Crippen MR) is 395 cm³/mol. The molecule has 1 aliphatic carbocycles. The highest BCUT2D eigenvalue weighted by Crippen LogP contribution is 2.42. The zero-order valence-electron chi connectivity index (χ0n) is 60.1. The van der Waals surface area contributed by atoms with Gasteiger partial charge >= 0.3 is 11.9 Å². The summed E-state index contributed by atoms with van der Waals surface area (Å²) in [6.45, 7) is 2.48. The number of carbonyl (C=O) groups excluding carboxylic acids is 2. The Morgan fingerprint density at radius 2 is 0.645 bits per heavy atom. The van der Waals surface area contributed by atoms with Gasteiger partial charge in [-0.2, -0.15) is 0 Å². The van der Waals surface area contributed by atoms with Crippen molar-refractivity contribution in [3.05, 3.63) is 327 Å². The second kappa shape index (κ2) is 40.5. The minimum Gasteiger partial charge on any atom is -0.497 e. The first-order valence-electron chi connectivity index (χ1n) is 36.0. The van der Waals surface area contributed by atoms with Crippen molar-refractivity contribution < 1.29 is 85.4 Å². The minimum absolute atomic E-state index is 0.0197. The average Bonchev–Trinajstić information content (AvgIpc) is 0.757. The van der Waals surface area contributed by atoms with E-state index in [-0.39, 0.29) is 72.7 Å². The number of esters is 2. The van der Waals surface area contributed by atoms with E-state index in [4.69, 9.17) is 75.8 Å². The van der Waals surface area contributed by atoms with Crippen molar-refractivity contribution in [2.75, 3.05) is 20.3 Å². The van der Waals surface area contributed by atoms with Crippen LogP contribution in [0.4, 0.5) is 0 Å². The summed E-state index contributed by atoms with van der Waals surface area (Å²) in [6.07, 6.45) is -18.3. The van der Waals surface area contributed by atoms with E-state index in [1.54, 1.807) is 7.11 Å². The summed E-state index contributed by atoms with van der Waals surface area (Å²) < 4.78 is 112. The molecular weight excluding hydrogens is 1360 g/mol. The molecule has 558 valence electrons. The molecule has 21 nitrogen and oxygen atoms in total. The molecule has 9 aromatic rings. The largest absolute Gasteiger partial charge is 0.497 e. The predicted octanol–water partition coefficient (Wildman–Crippen LogP) is 14.3. The fraction of sp³-hybridized carbons (Fsp3) is 0.349. The minimum atomic E-state index is -1.57. The van der Waals surface area contributed by atoms with Crippen molar-refractivity contribution in [2.24, 2.45) is 5.11 Å². The maximum atomic E-state index is 13.7. The Morgan fingerprint density at radius 1 is 0.336 bits per heavy atom. The quantitative estimate of drug-likeness (QED) is 0.0152. The Bertz CT molecular complexity index is 4110. The molecule has 107 heavy (non-hydrogen) atoms. The molecule has 12 rings (SSSR count). The average molecular weight is 1450 g/mol. The molecule has 16 atom stereocenters. The van der Waals surface area contributed by atoms with Gasteiger partial charge in [0, 0.05) is 18.8 Å². The van der Waals surface area contributed by atoms with Crippen LogP contribution in [0.3, 0.4) is 0 Å². The number of rotatable bonds is 37. The zero-order chi connectivity index (χ0) is 73.8. The van der Waals surface area contributed by atoms with Crippen LogP contribution in [0.2, 0.25) is 0 Å². The van der Waals surface area contributed by atoms with Crippen LogP contribution in [-0.4, -0.2) is 130 Å². The van der Waals surface area contributed by atoms with Crippen molar-refractivity contribution in [3.8, 4) is 5.75 Å². The standard InChI is InChI=1S/C86H91N3O18/c1-59(90)94-58-72-74(95-49-62-30-14-5-15-31-62)82(103-60(2)91)84(102-55-68-42-26-11-27-43-68)86(105-72)106-75-71(57-93-48-61-28-12-4-13-29-61)104-85(73(88-89-87)76(75)96-50-63-32-16-6-17-33-63)107-83-80(100-54-67-40-24-10-25-41-67)78(98-52-65-36-20-8-21-37-65)77(97-51-64-34-18-7-19-35-64)79(99-53-66-38-22-9-23-39-66)81(83)101-56-69-44-46-70(92-3)47-45-69/h4-47,71-86H,48-58H2,1-3H3/t71-,72-,73-,74-,75-,76-,77-,78-,79-,80+,81-,82+,83-,84+,85-,86-/m1/s1. The second-order valence-corrected chi connectivity index (χ2v) is 26.3. The van der Waals surface area contributed by atoms with Crippen LogP contribution in [0.25, 0.3) is 10.4 Å². The summed E-state index contributed by atoms with van der Waals surface area (Å²) in [5, 5.41) is 4.61. The highest BCUT2D eigenvalue weighted by molar-refractivity contribution is 5.66. The van der Waals surface area contributed by atoms with E-state index in [9.17, 15) is 15.1 Å². The molecule has 3 aliphatic rings. The Morgan fingerprint density at radius 3 is 1.00 bits per heavy atom. The number of azide groups is 1. The number of hydrogen-bond acceptors (Lipinski definition) is 19. The van der Waals surface area contributed by atoms with Gasteiger partial charge in [-0.1, -0.05) is 260 Å². The van der Waals surface area contributed by atoms with Crippen molar-refractivity contribution in [1.29, 1.82) is 0 Å². The molecule has 2 aliphatic heterocycles. The maximum absolute atomic E-state index is 13.7. The van der Waals surface area contributed by atoms with Gasteiger partial charge < -0.3 is 75.8 Å². The molecule has 2 saturated heterocycles. The van der Waals surface area contributed by atoms with E-state index < -0.39 is 110 Å². The van der Waals surface area contributed by atoms with Crippen molar-refractivity contribution in [3.63, 3.8) is 0 Å². The molecule has 0 bridgehead atoms. The highest BCUT2D eigenvalue weighted by Gasteiger charge is 2.59. The van der Waals surface area contributed by atoms with Gasteiger partial charge in [-0.3, -0.25) is 9.59 Å². The summed E-state index contributed by atoms with van der Waals surface area (Å²) in [7, 11) is 1.61. The molecule has 0 spiro atoms. The first-order chi connectivity index (χ1) is 52.6. The number of hydrogen-bond donors (Lipinski definition) is 0. The molecule has 21 heteroatoms. The van der Waals surface area contributed by atoms with Gasteiger partial charge in [-0.05, 0) is 67.7 Å². The van der Waals surface area contributed by atoms with Crippen LogP contribution in [0, 0.1) is 0 Å². The van der Waals surface area contributed by atoms with Gasteiger partial charge in [0.15, 0.2) is 18.7 Å². The van der Waals surface area contributed by atoms with Crippen LogP contribution in [0.1, 0.15) is 63.9 Å². The van der Waals surface area contributed by atoms with Crippen LogP contribution >= 0.6 is 0 Å². The number of benzene rings is 9. The second-order valence-electron chi connectivity index (χ2n) is 26.3. The van der Waals surface area contributed by atoms with Crippen LogP contribution in [0.5, 0.6) is 5.75 Å². The topological polar surface area (TPSA) is 231 Å². The smallest absolute Gasteiger partial charge is 0.303 e. The molecule has 3 fully saturated rings. The first kappa shape index (κ1) is 77.1. The third-order valence-electron chi connectivity index (χ3n) is 18.7. The molecule has 0 radical (unpaired) electrons. The van der Waals surface area contributed by atoms with Crippen molar-refractivity contribution in [1.82, 2.24) is 0 Å². The SMILES string of the molecule is COc1ccc(CO[C@@H]2[C@H](OCc3ccccc3)[C@H](OCc3ccccc3)[C@@H](OCc3ccccc3)[C@H](OCc3ccccc3)[C@H]2O[C@H]2O[C@H](COCc3ccccc3)[C@@H](O[C@H]3O[C@H](COC(C)=O)[C@@H](OCc4ccccc4)[C@H](OC(C)=O)[C@@H]3OCc3ccccc3)[C@H](OCc3ccccc3)[C@H]2N=[N+]=[N-])cc1. The third kappa shape index (κ3) is 22.3. The monoisotopic (exact) mass is 1450 g/mol. The summed E-state index contributed by atoms with van der Waals surface area (Å²) in [5.41, 5.74) is 18.6. The van der Waals surface area contributed by atoms with Gasteiger partial charge in [0.25, 0.3) is 0 Å². The van der Waals surface area contributed by atoms with E-state index >= 15 is 0 Å². The van der Waals surface area contributed by atoms with Crippen molar-refractivity contribution in [2.45, 2.75) is 171 Å². The van der Waals surface area contributed by atoms with Crippen LogP contribution in [0.15, 0.2) is 272 Å². The number of carbonyl (C=O) groups is 2. The zero-order valence-corrected chi connectivity index (χ0v) is 60.1. The van der Waals surface area contributed by atoms with Gasteiger partial charge in [0.2, 0.25) is 0 Å². The summed E-state index contributed by atoms with van der Waals surface area (Å²) in [5.74, 6) is -0.621. The maximum Gasteiger partial charge on any atom is 0.303 e. The molecular formula is C86H91N3O18. The van der Waals surface area contributed by atoms with Crippen LogP contribution < -0.4 is 4.74 Å². The molecule has 0 amide bonds. The van der Waals surface area contributed by atoms with Crippen LogP contribution in [-0.2, 0) is 140 Å². The normalized spacial score (nSPS) is 24.9. The summed E-state index contributed by atoms with van der Waals surface area (Å²) >= 11 is 0. The van der Waals surface area contributed by atoms with Gasteiger partial charge in [0.1, 0.15) is 91.6 Å². The summed E-state index contributed by atoms with van der Waals surface area (Å²) in [4.78, 5) is 30.1. The van der Waals surface area contributed by atoms with Crippen molar-refractivity contribution >= 4 is 11.9 Å². The first-order valence-corrected chi connectivity index (χ1v) is 36.0. The number of nitrogens with zero attached hydrogens (tertiary/aromatic N) is 3. The Hall–Kier alpha value is -9.49. The summed E-state index contributed by atoms with van der Waals surface area (Å²) in [6, 6.07) is 83.4. The van der Waals surface area contributed by atoms with E-state index in [0.717, 1.165) is 50.1 Å². The Labute approximate surface area is 624 Å². The Balaban J connectivity index is 1.01. The fourth-order valence-electron chi connectivity index (χ4n) is 13.4. The lowest BCUT2D eigenvalue weighted by molar-refractivity contribution is -0.371. The van der Waals surface area contributed by atoms with E-state index in [2.05, 4.69) is 10.0 Å². The lowest BCUT2D eigenvalue weighted by Gasteiger charge is -2.52. The van der Waals surface area contributed by atoms with Gasteiger partial charge in [-0.15, -0.1) is 0 Å². The van der Waals surface area contributed by atoms with E-state index in [0.29, 0.717) is 5.75 Å². The number of methoxy groups -OCH3 is 1. The Kier molecular flexibility index (Phi) is 29.2. The molecule has 2 heterocycles. The molecule has 9 aromatic carbocycles. The molecule has 1 saturated carbocycles. The molecule has 0 N–H and O–H groups in total. The van der Waals surface area contributed by atoms with E-state index in [1.807, 2.05) is 267 Å². The number of ether oxygens (including phenoxy) is 16. The third-order valence-corrected chi connectivity index (χ3v) is 18.7. The van der Waals surface area contributed by atoms with E-state index in [1.165, 1.54) is 13.8 Å². The molecule has 0 unspecified atom stereocenters. The fourth-order valence-corrected chi connectivity index (χ4v) is 13.4. The van der Waals surface area contributed by atoms with Gasteiger partial charge in [0.05, 0.1) is 73.2 Å². The van der Waals surface area contributed by atoms with Gasteiger partial charge in [-0.25, -0.2) is 0 Å². The molecule has 0 aromatic heterocycles. The highest BCUT2D eigenvalue weighted by atomic mass is 16.8. The lowest BCUT2D eigenvalue weighted by Crippen LogP contribution is -2.70. The lowest BCUT2D eigenvalue weighted by atomic mass is 9.83.